The van der Waals surface area contributed by atoms with E-state index in [1.165, 1.54) is 14.0 Å². The number of hydrogen-bond donors (Lipinski definition) is 4. The van der Waals surface area contributed by atoms with E-state index in [0.29, 0.717) is 6.29 Å². The van der Waals surface area contributed by atoms with Crippen LogP contribution in [0.5, 0.6) is 0 Å². The molecule has 0 aliphatic carbocycles. The van der Waals surface area contributed by atoms with Crippen LogP contribution in [-0.4, -0.2) is 105 Å². The maximum absolute atomic E-state index is 11.6. The lowest BCUT2D eigenvalue weighted by molar-refractivity contribution is -0.294. The summed E-state index contributed by atoms with van der Waals surface area (Å²) >= 11 is 0. The van der Waals surface area contributed by atoms with Crippen molar-refractivity contribution in [1.82, 2.24) is 10.6 Å². The second-order valence-corrected chi connectivity index (χ2v) is 6.44. The highest BCUT2D eigenvalue weighted by molar-refractivity contribution is 5.73. The van der Waals surface area contributed by atoms with E-state index in [4.69, 9.17) is 23.7 Å². The van der Waals surface area contributed by atoms with Crippen molar-refractivity contribution in [2.24, 2.45) is 0 Å². The van der Waals surface area contributed by atoms with Crippen molar-refractivity contribution in [1.29, 1.82) is 0 Å². The number of amides is 1. The predicted molar refractivity (Wildman–Crippen MR) is 96.5 cm³/mol. The van der Waals surface area contributed by atoms with Gasteiger partial charge in [-0.15, -0.1) is 0 Å². The summed E-state index contributed by atoms with van der Waals surface area (Å²) in [6.45, 7) is 2.67. The van der Waals surface area contributed by atoms with Gasteiger partial charge in [0.15, 0.2) is 18.7 Å². The average molecular weight is 422 g/mol. The first-order valence-corrected chi connectivity index (χ1v) is 9.07. The van der Waals surface area contributed by atoms with E-state index in [9.17, 15) is 24.6 Å². The number of ether oxygens (including phenoxy) is 5. The van der Waals surface area contributed by atoms with E-state index in [1.807, 2.05) is 0 Å². The molecule has 1 fully saturated rings. The number of methoxy groups -OCH3 is 1. The highest BCUT2D eigenvalue weighted by Gasteiger charge is 2.46. The van der Waals surface area contributed by atoms with Crippen molar-refractivity contribution in [2.45, 2.75) is 63.0 Å². The Balaban J connectivity index is 3.06. The zero-order valence-corrected chi connectivity index (χ0v) is 16.8. The van der Waals surface area contributed by atoms with Crippen molar-refractivity contribution < 1.29 is 48.3 Å². The molecule has 1 amide bonds. The minimum Gasteiger partial charge on any atom is -0.434 e. The first-order chi connectivity index (χ1) is 13.8. The lowest BCUT2D eigenvalue weighted by Crippen LogP contribution is -2.65. The molecule has 0 saturated carbocycles. The monoisotopic (exact) mass is 422 g/mol. The van der Waals surface area contributed by atoms with Gasteiger partial charge in [-0.25, -0.2) is 0 Å². The highest BCUT2D eigenvalue weighted by Crippen LogP contribution is 2.25. The van der Waals surface area contributed by atoms with Crippen LogP contribution >= 0.6 is 0 Å². The molecule has 0 aromatic rings. The summed E-state index contributed by atoms with van der Waals surface area (Å²) in [5, 5.41) is 25.5. The lowest BCUT2D eigenvalue weighted by atomic mass is 9.93. The van der Waals surface area contributed by atoms with Gasteiger partial charge >= 0.3 is 0 Å². The molecule has 1 rings (SSSR count). The van der Waals surface area contributed by atoms with Gasteiger partial charge in [-0.1, -0.05) is 0 Å². The first-order valence-electron chi connectivity index (χ1n) is 9.07. The molecule has 8 atom stereocenters. The molecule has 168 valence electrons. The molecule has 0 aromatic heterocycles. The van der Waals surface area contributed by atoms with Gasteiger partial charge < -0.3 is 49.3 Å². The Morgan fingerprint density at radius 2 is 2.03 bits per heavy atom. The molecule has 0 radical (unpaired) electrons. The quantitative estimate of drug-likeness (QED) is 0.180. The van der Waals surface area contributed by atoms with E-state index in [1.54, 1.807) is 14.0 Å². The number of aliphatic hydroxyl groups excluding tert-OH is 2. The second kappa shape index (κ2) is 12.8. The van der Waals surface area contributed by atoms with Crippen LogP contribution in [0.1, 0.15) is 13.8 Å². The third-order valence-electron chi connectivity index (χ3n) is 4.35. The second-order valence-electron chi connectivity index (χ2n) is 6.44. The maximum atomic E-state index is 11.6. The third-order valence-corrected chi connectivity index (χ3v) is 4.35. The number of nitrogens with one attached hydrogen (secondary N) is 2. The minimum atomic E-state index is -1.41. The smallest absolute Gasteiger partial charge is 0.295 e. The van der Waals surface area contributed by atoms with Crippen LogP contribution in [0.4, 0.5) is 0 Å². The summed E-state index contributed by atoms with van der Waals surface area (Å²) in [4.78, 5) is 33.5. The van der Waals surface area contributed by atoms with Crippen LogP contribution in [0.15, 0.2) is 0 Å². The molecule has 1 aliphatic rings. The zero-order chi connectivity index (χ0) is 22.0. The normalized spacial score (nSPS) is 30.1. The summed E-state index contributed by atoms with van der Waals surface area (Å²) < 4.78 is 26.7. The van der Waals surface area contributed by atoms with Crippen LogP contribution in [0.25, 0.3) is 0 Å². The number of hydrogen-bond acceptors (Lipinski definition) is 11. The molecule has 0 bridgehead atoms. The van der Waals surface area contributed by atoms with Gasteiger partial charge in [0.1, 0.15) is 18.3 Å². The van der Waals surface area contributed by atoms with Crippen molar-refractivity contribution in [3.63, 3.8) is 0 Å². The standard InChI is InChI=1S/C17H30N2O10/c1-9-14(19-10(2)23)16(15(24)11(6-20)27-9)28-13(5-18-3)29-17(26-8-22)12(7-21)25-4/h7-9,11-18,20,24H,5-6H2,1-4H3,(H,19,23)/t9-,11?,12?,13-,14+,15+,16?,17?/m0/s1. The Bertz CT molecular complexity index is 522. The maximum Gasteiger partial charge on any atom is 0.295 e. The number of carbonyl (C=O) groups excluding carboxylic acids is 3. The summed E-state index contributed by atoms with van der Waals surface area (Å²) in [5.41, 5.74) is 0. The fourth-order valence-corrected chi connectivity index (χ4v) is 2.97. The fourth-order valence-electron chi connectivity index (χ4n) is 2.97. The summed E-state index contributed by atoms with van der Waals surface area (Å²) in [6, 6.07) is -0.761. The van der Waals surface area contributed by atoms with Crippen LogP contribution < -0.4 is 10.6 Å². The summed E-state index contributed by atoms with van der Waals surface area (Å²) in [5.74, 6) is -0.373. The van der Waals surface area contributed by atoms with Gasteiger partial charge in [-0.2, -0.15) is 0 Å². The molecule has 1 heterocycles. The third kappa shape index (κ3) is 7.26. The zero-order valence-electron chi connectivity index (χ0n) is 16.8. The van der Waals surface area contributed by atoms with Crippen molar-refractivity contribution in [2.75, 3.05) is 27.3 Å². The number of aliphatic hydroxyl groups is 2. The molecule has 4 N–H and O–H groups in total. The molecule has 29 heavy (non-hydrogen) atoms. The van der Waals surface area contributed by atoms with Gasteiger partial charge in [0.2, 0.25) is 12.2 Å². The molecule has 1 saturated heterocycles. The first kappa shape index (κ1) is 25.4. The predicted octanol–water partition coefficient (Wildman–Crippen LogP) is -2.71. The number of likely N-dealkylation sites (N-methyl/N-ethyl adjacent to an activating group) is 1. The topological polar surface area (TPSA) is 162 Å². The van der Waals surface area contributed by atoms with Gasteiger partial charge in [-0.05, 0) is 14.0 Å². The van der Waals surface area contributed by atoms with Gasteiger partial charge in [0.05, 0.1) is 18.8 Å². The Morgan fingerprint density at radius 3 is 2.52 bits per heavy atom. The van der Waals surface area contributed by atoms with E-state index in [-0.39, 0.29) is 18.9 Å². The largest absolute Gasteiger partial charge is 0.434 e. The van der Waals surface area contributed by atoms with Crippen LogP contribution in [-0.2, 0) is 38.1 Å². The summed E-state index contributed by atoms with van der Waals surface area (Å²) in [7, 11) is 2.84. The summed E-state index contributed by atoms with van der Waals surface area (Å²) in [6.07, 6.45) is -7.21. The molecule has 12 heteroatoms. The number of rotatable bonds is 13. The Labute approximate surface area is 168 Å². The van der Waals surface area contributed by atoms with E-state index < -0.39 is 55.7 Å². The molecule has 0 aromatic carbocycles. The van der Waals surface area contributed by atoms with Crippen LogP contribution in [0.2, 0.25) is 0 Å². The van der Waals surface area contributed by atoms with Crippen molar-refractivity contribution in [3.05, 3.63) is 0 Å². The van der Waals surface area contributed by atoms with Crippen molar-refractivity contribution in [3.8, 4) is 0 Å². The Kier molecular flexibility index (Phi) is 11.2. The van der Waals surface area contributed by atoms with Gasteiger partial charge in [0.25, 0.3) is 6.47 Å². The van der Waals surface area contributed by atoms with Crippen LogP contribution in [0, 0.1) is 0 Å². The van der Waals surface area contributed by atoms with Crippen molar-refractivity contribution >= 4 is 18.7 Å². The minimum absolute atomic E-state index is 0.0725. The lowest BCUT2D eigenvalue weighted by Gasteiger charge is -2.44. The SMILES string of the molecule is CNC[C@H](OC(OC=O)C(C=O)OC)OC1[C@H](O)C(CO)O[C@@H](C)[C@H]1NC(C)=O. The Hall–Kier alpha value is -1.67. The van der Waals surface area contributed by atoms with E-state index in [2.05, 4.69) is 10.6 Å². The molecular weight excluding hydrogens is 392 g/mol. The average Bonchev–Trinajstić information content (AvgIpc) is 2.68. The molecule has 4 unspecified atom stereocenters. The fraction of sp³-hybridized carbons (Fsp3) is 0.824. The molecule has 1 aliphatic heterocycles. The molecule has 0 spiro atoms. The number of carbonyl (C=O) groups is 3. The van der Waals surface area contributed by atoms with E-state index in [0.717, 1.165) is 0 Å². The Morgan fingerprint density at radius 1 is 1.34 bits per heavy atom. The van der Waals surface area contributed by atoms with Crippen LogP contribution in [0.3, 0.4) is 0 Å². The van der Waals surface area contributed by atoms with Gasteiger partial charge in [-0.3, -0.25) is 9.59 Å². The number of aldehydes is 1. The highest BCUT2D eigenvalue weighted by atomic mass is 16.8. The van der Waals surface area contributed by atoms with E-state index >= 15 is 0 Å². The molecule has 12 nitrogen and oxygen atoms in total. The molecular formula is C17H30N2O10. The van der Waals surface area contributed by atoms with Gasteiger partial charge in [0, 0.05) is 20.6 Å².